The smallest absolute Gasteiger partial charge is 0.351 e. The molecule has 7 N–H and O–H groups in total. The molecular formula is C19H32N3O6P. The molecule has 0 spiro atoms. The molecule has 0 aliphatic carbocycles. The number of carbonyl (C=O) groups excluding carboxylic acids is 1. The zero-order valence-electron chi connectivity index (χ0n) is 16.9. The van der Waals surface area contributed by atoms with Crippen LogP contribution in [0, 0.1) is 5.92 Å². The van der Waals surface area contributed by atoms with Crippen LogP contribution in [-0.4, -0.2) is 40.3 Å². The van der Waals surface area contributed by atoms with Gasteiger partial charge in [0.15, 0.2) is 6.10 Å². The van der Waals surface area contributed by atoms with Crippen molar-refractivity contribution in [1.29, 1.82) is 0 Å². The number of aliphatic carboxylic acids is 1. The molecule has 0 heterocycles. The van der Waals surface area contributed by atoms with Crippen LogP contribution in [0.4, 0.5) is 0 Å². The maximum Gasteiger partial charge on any atom is 0.351 e. The topological polar surface area (TPSA) is 165 Å². The number of nitrogens with one attached hydrogen (secondary N) is 1. The van der Waals surface area contributed by atoms with Gasteiger partial charge in [-0.2, -0.15) is 0 Å². The molecule has 3 unspecified atom stereocenters. The standard InChI is InChI=1S/C19H32N3O6P/c1-13(2)18(22-17(23)12-15(21)14-8-4-3-5-9-14)29(26,27)28-16(19(24)25)10-6-7-11-20/h3-5,8-9,13,15-16,18H,6-7,10-12,20-21H2,1-2H3,(H,22,23)(H,24,25)(H,26,27)/t15?,16-,18?/m0/s1. The number of nitrogens with two attached hydrogens (primary N) is 2. The summed E-state index contributed by atoms with van der Waals surface area (Å²) in [6.45, 7) is 3.66. The number of hydrogen-bond donors (Lipinski definition) is 5. The number of unbranched alkanes of at least 4 members (excludes halogenated alkanes) is 1. The van der Waals surface area contributed by atoms with Gasteiger partial charge in [-0.1, -0.05) is 44.2 Å². The van der Waals surface area contributed by atoms with Crippen molar-refractivity contribution in [3.8, 4) is 0 Å². The Morgan fingerprint density at radius 1 is 1.21 bits per heavy atom. The van der Waals surface area contributed by atoms with Crippen LogP contribution in [0.3, 0.4) is 0 Å². The summed E-state index contributed by atoms with van der Waals surface area (Å²) in [5, 5.41) is 11.8. The van der Waals surface area contributed by atoms with Gasteiger partial charge in [0, 0.05) is 12.5 Å². The van der Waals surface area contributed by atoms with E-state index in [0.717, 1.165) is 5.56 Å². The summed E-state index contributed by atoms with van der Waals surface area (Å²) in [6.07, 6.45) is -0.481. The van der Waals surface area contributed by atoms with Crippen LogP contribution in [0.25, 0.3) is 0 Å². The minimum atomic E-state index is -4.47. The van der Waals surface area contributed by atoms with E-state index in [1.807, 2.05) is 6.07 Å². The first-order valence-corrected chi connectivity index (χ1v) is 11.3. The Hall–Kier alpha value is -1.77. The zero-order chi connectivity index (χ0) is 22.0. The molecule has 0 bridgehead atoms. The highest BCUT2D eigenvalue weighted by Crippen LogP contribution is 2.50. The highest BCUT2D eigenvalue weighted by atomic mass is 31.2. The van der Waals surface area contributed by atoms with E-state index >= 15 is 0 Å². The number of amides is 1. The van der Waals surface area contributed by atoms with Crippen LogP contribution in [0.1, 0.15) is 51.1 Å². The van der Waals surface area contributed by atoms with E-state index in [9.17, 15) is 24.2 Å². The van der Waals surface area contributed by atoms with Gasteiger partial charge in [-0.05, 0) is 37.3 Å². The van der Waals surface area contributed by atoms with E-state index in [4.69, 9.17) is 16.0 Å². The van der Waals surface area contributed by atoms with E-state index < -0.39 is 43.3 Å². The Morgan fingerprint density at radius 2 is 1.83 bits per heavy atom. The molecule has 9 nitrogen and oxygen atoms in total. The summed E-state index contributed by atoms with van der Waals surface area (Å²) in [4.78, 5) is 34.2. The molecule has 0 saturated carbocycles. The van der Waals surface area contributed by atoms with Gasteiger partial charge in [0.25, 0.3) is 0 Å². The molecule has 0 aromatic heterocycles. The Bertz CT molecular complexity index is 700. The maximum atomic E-state index is 12.8. The van der Waals surface area contributed by atoms with Crippen LogP contribution >= 0.6 is 7.60 Å². The summed E-state index contributed by atoms with van der Waals surface area (Å²) in [5.74, 6) is -3.58. The van der Waals surface area contributed by atoms with Gasteiger partial charge in [-0.3, -0.25) is 13.9 Å². The van der Waals surface area contributed by atoms with Gasteiger partial charge >= 0.3 is 13.6 Å². The van der Waals surface area contributed by atoms with Crippen LogP contribution in [0.2, 0.25) is 0 Å². The van der Waals surface area contributed by atoms with Gasteiger partial charge in [-0.15, -0.1) is 0 Å². The van der Waals surface area contributed by atoms with Crippen LogP contribution in [-0.2, 0) is 18.7 Å². The second-order valence-electron chi connectivity index (χ2n) is 7.26. The molecule has 1 aromatic carbocycles. The van der Waals surface area contributed by atoms with Crippen molar-refractivity contribution in [3.63, 3.8) is 0 Å². The zero-order valence-corrected chi connectivity index (χ0v) is 17.8. The highest BCUT2D eigenvalue weighted by molar-refractivity contribution is 7.53. The highest BCUT2D eigenvalue weighted by Gasteiger charge is 2.40. The second kappa shape index (κ2) is 12.0. The normalized spacial score (nSPS) is 16.6. The minimum Gasteiger partial charge on any atom is -0.479 e. The lowest BCUT2D eigenvalue weighted by molar-refractivity contribution is -0.145. The number of carboxylic acids is 1. The van der Waals surface area contributed by atoms with Gasteiger partial charge in [0.1, 0.15) is 5.78 Å². The predicted octanol–water partition coefficient (Wildman–Crippen LogP) is 1.96. The van der Waals surface area contributed by atoms with Crippen molar-refractivity contribution >= 4 is 19.5 Å². The fourth-order valence-electron chi connectivity index (χ4n) is 2.81. The summed E-state index contributed by atoms with van der Waals surface area (Å²) < 4.78 is 17.9. The van der Waals surface area contributed by atoms with E-state index in [1.54, 1.807) is 38.1 Å². The number of rotatable bonds is 13. The van der Waals surface area contributed by atoms with Crippen molar-refractivity contribution in [1.82, 2.24) is 5.32 Å². The summed E-state index contributed by atoms with van der Waals surface area (Å²) >= 11 is 0. The van der Waals surface area contributed by atoms with E-state index in [1.165, 1.54) is 0 Å². The first-order valence-electron chi connectivity index (χ1n) is 9.62. The maximum absolute atomic E-state index is 12.8. The van der Waals surface area contributed by atoms with Crippen molar-refractivity contribution < 1.29 is 28.7 Å². The number of carbonyl (C=O) groups is 2. The number of hydrogen-bond acceptors (Lipinski definition) is 6. The third-order valence-electron chi connectivity index (χ3n) is 4.40. The van der Waals surface area contributed by atoms with Crippen molar-refractivity contribution in [3.05, 3.63) is 35.9 Å². The quantitative estimate of drug-likeness (QED) is 0.234. The second-order valence-corrected chi connectivity index (χ2v) is 9.15. The third kappa shape index (κ3) is 8.64. The molecule has 164 valence electrons. The Labute approximate surface area is 171 Å². The molecule has 1 amide bonds. The lowest BCUT2D eigenvalue weighted by Crippen LogP contribution is -2.41. The third-order valence-corrected chi connectivity index (χ3v) is 6.38. The van der Waals surface area contributed by atoms with Gasteiger partial charge in [0.2, 0.25) is 5.91 Å². The molecule has 0 aliphatic heterocycles. The average Bonchev–Trinajstić information content (AvgIpc) is 2.65. The molecule has 0 radical (unpaired) electrons. The van der Waals surface area contributed by atoms with Crippen molar-refractivity contribution in [2.24, 2.45) is 17.4 Å². The molecule has 4 atom stereocenters. The number of benzene rings is 1. The SMILES string of the molecule is CC(C)C(NC(=O)CC(N)c1ccccc1)P(=O)(O)O[C@@H](CCCCN)C(=O)O. The molecule has 29 heavy (non-hydrogen) atoms. The van der Waals surface area contributed by atoms with Crippen molar-refractivity contribution in [2.75, 3.05) is 6.54 Å². The Morgan fingerprint density at radius 3 is 2.34 bits per heavy atom. The van der Waals surface area contributed by atoms with Crippen molar-refractivity contribution in [2.45, 2.75) is 57.5 Å². The fraction of sp³-hybridized carbons (Fsp3) is 0.579. The molecule has 10 heteroatoms. The largest absolute Gasteiger partial charge is 0.479 e. The molecule has 0 aliphatic rings. The minimum absolute atomic E-state index is 0.0503. The van der Waals surface area contributed by atoms with Crippen LogP contribution in [0.15, 0.2) is 30.3 Å². The number of carboxylic acid groups (broad SMARTS) is 1. The summed E-state index contributed by atoms with van der Waals surface area (Å²) in [5.41, 5.74) is 12.2. The lowest BCUT2D eigenvalue weighted by Gasteiger charge is -2.29. The van der Waals surface area contributed by atoms with Crippen LogP contribution < -0.4 is 16.8 Å². The molecule has 0 fully saturated rings. The first-order chi connectivity index (χ1) is 13.6. The summed E-state index contributed by atoms with van der Waals surface area (Å²) in [6, 6.07) is 8.43. The lowest BCUT2D eigenvalue weighted by atomic mass is 10.0. The molecule has 0 saturated heterocycles. The summed E-state index contributed by atoms with van der Waals surface area (Å²) in [7, 11) is -4.47. The van der Waals surface area contributed by atoms with E-state index in [0.29, 0.717) is 19.4 Å². The van der Waals surface area contributed by atoms with E-state index in [2.05, 4.69) is 5.32 Å². The Kier molecular flexibility index (Phi) is 10.5. The molecular weight excluding hydrogens is 397 g/mol. The average molecular weight is 429 g/mol. The Balaban J connectivity index is 2.81. The predicted molar refractivity (Wildman–Crippen MR) is 110 cm³/mol. The molecule has 1 rings (SSSR count). The monoisotopic (exact) mass is 429 g/mol. The first kappa shape index (κ1) is 25.3. The van der Waals surface area contributed by atoms with Gasteiger partial charge in [0.05, 0.1) is 0 Å². The van der Waals surface area contributed by atoms with Crippen LogP contribution in [0.5, 0.6) is 0 Å². The van der Waals surface area contributed by atoms with E-state index in [-0.39, 0.29) is 12.8 Å². The van der Waals surface area contributed by atoms with Gasteiger partial charge < -0.3 is 26.8 Å². The molecule has 1 aromatic rings. The fourth-order valence-corrected chi connectivity index (χ4v) is 4.56. The van der Waals surface area contributed by atoms with Gasteiger partial charge in [-0.25, -0.2) is 4.79 Å².